The molecule has 0 spiro atoms. The lowest BCUT2D eigenvalue weighted by atomic mass is 9.76. The highest BCUT2D eigenvalue weighted by Gasteiger charge is 2.24. The van der Waals surface area contributed by atoms with Gasteiger partial charge in [-0.3, -0.25) is 9.59 Å². The molecule has 0 aromatic heterocycles. The molecule has 102 valence electrons. The zero-order valence-electron chi connectivity index (χ0n) is 11.5. The summed E-state index contributed by atoms with van der Waals surface area (Å²) in [5.41, 5.74) is 0.0340. The maximum atomic E-state index is 11.2. The highest BCUT2D eigenvalue weighted by atomic mass is 16.4. The third-order valence-corrected chi connectivity index (χ3v) is 3.01. The van der Waals surface area contributed by atoms with E-state index in [1.807, 2.05) is 0 Å². The van der Waals surface area contributed by atoms with Crippen molar-refractivity contribution in [2.45, 2.75) is 46.5 Å². The summed E-state index contributed by atoms with van der Waals surface area (Å²) in [4.78, 5) is 21.8. The van der Waals surface area contributed by atoms with Gasteiger partial charge in [-0.05, 0) is 24.2 Å². The molecule has 0 heterocycles. The number of rotatable bonds is 7. The van der Waals surface area contributed by atoms with E-state index in [1.165, 1.54) is 0 Å². The summed E-state index contributed by atoms with van der Waals surface area (Å²) in [5, 5.41) is 11.5. The predicted octanol–water partition coefficient (Wildman–Crippen LogP) is 2.04. The Morgan fingerprint density at radius 2 is 1.94 bits per heavy atom. The Morgan fingerprint density at radius 1 is 1.33 bits per heavy atom. The standard InChI is InChI=1S/C14H23NO3/c1-5-6-12(16)15-10-9-11(14(2,3)4)7-8-13(17)18/h1,11H,6-10H2,2-4H3,(H,15,16)(H,17,18). The molecule has 4 heteroatoms. The number of carbonyl (C=O) groups is 2. The summed E-state index contributed by atoms with van der Waals surface area (Å²) in [6, 6.07) is 0. The molecule has 18 heavy (non-hydrogen) atoms. The van der Waals surface area contributed by atoms with Crippen LogP contribution in [0, 0.1) is 23.7 Å². The Labute approximate surface area is 109 Å². The predicted molar refractivity (Wildman–Crippen MR) is 70.9 cm³/mol. The normalized spacial score (nSPS) is 12.6. The molecule has 0 bridgehead atoms. The van der Waals surface area contributed by atoms with Crippen LogP contribution < -0.4 is 5.32 Å². The second kappa shape index (κ2) is 7.75. The molecule has 0 saturated heterocycles. The van der Waals surface area contributed by atoms with Crippen LogP contribution in [0.2, 0.25) is 0 Å². The molecule has 0 radical (unpaired) electrons. The summed E-state index contributed by atoms with van der Waals surface area (Å²) in [6.07, 6.45) is 6.69. The molecule has 0 aromatic carbocycles. The van der Waals surface area contributed by atoms with Gasteiger partial charge in [0, 0.05) is 13.0 Å². The van der Waals surface area contributed by atoms with Crippen LogP contribution in [0.4, 0.5) is 0 Å². The number of terminal acetylenes is 1. The van der Waals surface area contributed by atoms with Crippen molar-refractivity contribution in [3.63, 3.8) is 0 Å². The van der Waals surface area contributed by atoms with E-state index in [9.17, 15) is 9.59 Å². The molecule has 2 N–H and O–H groups in total. The number of amides is 1. The molecule has 1 unspecified atom stereocenters. The first-order valence-electron chi connectivity index (χ1n) is 6.19. The van der Waals surface area contributed by atoms with Gasteiger partial charge in [0.25, 0.3) is 0 Å². The molecule has 0 rings (SSSR count). The Bertz CT molecular complexity index is 323. The van der Waals surface area contributed by atoms with Crippen LogP contribution in [0.25, 0.3) is 0 Å². The SMILES string of the molecule is C#CCC(=O)NCCC(CCC(=O)O)C(C)(C)C. The van der Waals surface area contributed by atoms with Crippen molar-refractivity contribution in [2.24, 2.45) is 11.3 Å². The molecule has 0 aliphatic rings. The number of carboxylic acid groups (broad SMARTS) is 1. The minimum atomic E-state index is -0.777. The first-order chi connectivity index (χ1) is 8.27. The van der Waals surface area contributed by atoms with Crippen LogP contribution in [0.5, 0.6) is 0 Å². The van der Waals surface area contributed by atoms with Gasteiger partial charge in [-0.1, -0.05) is 26.7 Å². The second-order valence-corrected chi connectivity index (χ2v) is 5.51. The fourth-order valence-electron chi connectivity index (χ4n) is 1.85. The third kappa shape index (κ3) is 7.72. The van der Waals surface area contributed by atoms with E-state index in [1.54, 1.807) is 0 Å². The Balaban J connectivity index is 4.14. The number of hydrogen-bond donors (Lipinski definition) is 2. The van der Waals surface area contributed by atoms with Crippen LogP contribution in [-0.2, 0) is 9.59 Å². The van der Waals surface area contributed by atoms with Gasteiger partial charge in [0.2, 0.25) is 5.91 Å². The Kier molecular flexibility index (Phi) is 7.11. The zero-order valence-corrected chi connectivity index (χ0v) is 11.5. The number of nitrogens with one attached hydrogen (secondary N) is 1. The first-order valence-corrected chi connectivity index (χ1v) is 6.19. The monoisotopic (exact) mass is 253 g/mol. The van der Waals surface area contributed by atoms with Crippen molar-refractivity contribution in [1.82, 2.24) is 5.32 Å². The van der Waals surface area contributed by atoms with Crippen molar-refractivity contribution in [3.05, 3.63) is 0 Å². The molecular weight excluding hydrogens is 230 g/mol. The van der Waals surface area contributed by atoms with Crippen LogP contribution in [0.1, 0.15) is 46.5 Å². The van der Waals surface area contributed by atoms with Gasteiger partial charge >= 0.3 is 5.97 Å². The average molecular weight is 253 g/mol. The van der Waals surface area contributed by atoms with E-state index < -0.39 is 5.97 Å². The van der Waals surface area contributed by atoms with E-state index in [0.29, 0.717) is 13.0 Å². The lowest BCUT2D eigenvalue weighted by molar-refractivity contribution is -0.137. The molecule has 0 fully saturated rings. The zero-order chi connectivity index (χ0) is 14.2. The summed E-state index contributed by atoms with van der Waals surface area (Å²) in [6.45, 7) is 6.80. The number of aliphatic carboxylic acids is 1. The lowest BCUT2D eigenvalue weighted by Gasteiger charge is -2.30. The lowest BCUT2D eigenvalue weighted by Crippen LogP contribution is -2.29. The molecule has 0 aromatic rings. The van der Waals surface area contributed by atoms with E-state index in [0.717, 1.165) is 6.42 Å². The van der Waals surface area contributed by atoms with E-state index in [2.05, 4.69) is 32.0 Å². The maximum Gasteiger partial charge on any atom is 0.303 e. The smallest absolute Gasteiger partial charge is 0.303 e. The van der Waals surface area contributed by atoms with Crippen molar-refractivity contribution in [1.29, 1.82) is 0 Å². The summed E-state index contributed by atoms with van der Waals surface area (Å²) < 4.78 is 0. The maximum absolute atomic E-state index is 11.2. The third-order valence-electron chi connectivity index (χ3n) is 3.01. The molecule has 0 saturated carbocycles. The highest BCUT2D eigenvalue weighted by Crippen LogP contribution is 2.32. The molecule has 1 amide bonds. The largest absolute Gasteiger partial charge is 0.481 e. The van der Waals surface area contributed by atoms with Crippen LogP contribution in [0.15, 0.2) is 0 Å². The fourth-order valence-corrected chi connectivity index (χ4v) is 1.85. The van der Waals surface area contributed by atoms with E-state index >= 15 is 0 Å². The number of carboxylic acids is 1. The quantitative estimate of drug-likeness (QED) is 0.682. The van der Waals surface area contributed by atoms with Gasteiger partial charge in [0.05, 0.1) is 6.42 Å². The van der Waals surface area contributed by atoms with Crippen LogP contribution in [0.3, 0.4) is 0 Å². The molecule has 1 atom stereocenters. The topological polar surface area (TPSA) is 66.4 Å². The Hall–Kier alpha value is -1.50. The minimum absolute atomic E-state index is 0.0340. The Morgan fingerprint density at radius 3 is 2.39 bits per heavy atom. The van der Waals surface area contributed by atoms with Gasteiger partial charge in [-0.15, -0.1) is 6.42 Å². The van der Waals surface area contributed by atoms with Gasteiger partial charge in [-0.25, -0.2) is 0 Å². The van der Waals surface area contributed by atoms with Crippen molar-refractivity contribution in [3.8, 4) is 12.3 Å². The van der Waals surface area contributed by atoms with Gasteiger partial charge in [0.1, 0.15) is 0 Å². The van der Waals surface area contributed by atoms with Crippen molar-refractivity contribution in [2.75, 3.05) is 6.54 Å². The molecular formula is C14H23NO3. The molecule has 4 nitrogen and oxygen atoms in total. The molecule has 0 aliphatic carbocycles. The highest BCUT2D eigenvalue weighted by molar-refractivity contribution is 5.78. The summed E-state index contributed by atoms with van der Waals surface area (Å²) in [5.74, 6) is 1.62. The average Bonchev–Trinajstić information content (AvgIpc) is 2.21. The van der Waals surface area contributed by atoms with Gasteiger partial charge in [-0.2, -0.15) is 0 Å². The van der Waals surface area contributed by atoms with Gasteiger partial charge < -0.3 is 10.4 Å². The minimum Gasteiger partial charge on any atom is -0.481 e. The molecule has 0 aliphatic heterocycles. The van der Waals surface area contributed by atoms with Crippen molar-refractivity contribution >= 4 is 11.9 Å². The fraction of sp³-hybridized carbons (Fsp3) is 0.714. The first kappa shape index (κ1) is 16.5. The van der Waals surface area contributed by atoms with Crippen molar-refractivity contribution < 1.29 is 14.7 Å². The number of hydrogen-bond acceptors (Lipinski definition) is 2. The van der Waals surface area contributed by atoms with Crippen LogP contribution >= 0.6 is 0 Å². The summed E-state index contributed by atoms with van der Waals surface area (Å²) >= 11 is 0. The van der Waals surface area contributed by atoms with E-state index in [-0.39, 0.29) is 30.1 Å². The summed E-state index contributed by atoms with van der Waals surface area (Å²) in [7, 11) is 0. The second-order valence-electron chi connectivity index (χ2n) is 5.51. The number of carbonyl (C=O) groups excluding carboxylic acids is 1. The van der Waals surface area contributed by atoms with Crippen LogP contribution in [-0.4, -0.2) is 23.5 Å². The van der Waals surface area contributed by atoms with E-state index in [4.69, 9.17) is 11.5 Å². The van der Waals surface area contributed by atoms with Gasteiger partial charge in [0.15, 0.2) is 0 Å².